The van der Waals surface area contributed by atoms with E-state index >= 15 is 0 Å². The molecule has 0 aliphatic carbocycles. The maximum atomic E-state index is 12.5. The lowest BCUT2D eigenvalue weighted by Gasteiger charge is -2.22. The van der Waals surface area contributed by atoms with Crippen LogP contribution in [0.3, 0.4) is 0 Å². The van der Waals surface area contributed by atoms with Crippen molar-refractivity contribution < 1.29 is 14.4 Å². The zero-order valence-corrected chi connectivity index (χ0v) is 14.8. The largest absolute Gasteiger partial charge is 0.325 e. The highest BCUT2D eigenvalue weighted by atomic mass is 32.1. The van der Waals surface area contributed by atoms with Gasteiger partial charge < -0.3 is 10.6 Å². The molecule has 1 aliphatic rings. The van der Waals surface area contributed by atoms with E-state index in [-0.39, 0.29) is 12.5 Å². The second-order valence-corrected chi connectivity index (χ2v) is 6.75. The molecule has 4 amide bonds. The summed E-state index contributed by atoms with van der Waals surface area (Å²) in [5.41, 5.74) is -0.118. The Hall–Kier alpha value is -2.68. The molecule has 132 valence electrons. The van der Waals surface area contributed by atoms with E-state index in [0.29, 0.717) is 18.7 Å². The molecule has 0 radical (unpaired) electrons. The fourth-order valence-corrected chi connectivity index (χ4v) is 3.51. The van der Waals surface area contributed by atoms with Gasteiger partial charge in [0.1, 0.15) is 12.1 Å². The van der Waals surface area contributed by atoms with Gasteiger partial charge in [-0.05, 0) is 24.3 Å². The number of hydrogen-bond donors (Lipinski definition) is 3. The number of hydrogen-bond acceptors (Lipinski definition) is 5. The van der Waals surface area contributed by atoms with Crippen molar-refractivity contribution in [3.63, 3.8) is 0 Å². The number of aromatic nitrogens is 2. The molecule has 3 heterocycles. The van der Waals surface area contributed by atoms with Crippen LogP contribution in [-0.2, 0) is 9.59 Å². The van der Waals surface area contributed by atoms with Gasteiger partial charge in [0, 0.05) is 6.07 Å². The number of carbonyl (C=O) groups is 3. The number of carbonyl (C=O) groups excluding carboxylic acids is 3. The molecule has 1 aliphatic heterocycles. The third-order valence-corrected chi connectivity index (χ3v) is 5.29. The molecule has 0 aromatic carbocycles. The number of H-pyrrole nitrogens is 1. The van der Waals surface area contributed by atoms with Crippen LogP contribution < -0.4 is 10.6 Å². The van der Waals surface area contributed by atoms with Crippen LogP contribution >= 0.6 is 11.3 Å². The first-order valence-corrected chi connectivity index (χ1v) is 8.90. The van der Waals surface area contributed by atoms with E-state index in [1.54, 1.807) is 17.4 Å². The Balaban J connectivity index is 1.65. The molecule has 9 heteroatoms. The highest BCUT2D eigenvalue weighted by Gasteiger charge is 2.49. The Morgan fingerprint density at radius 1 is 1.36 bits per heavy atom. The van der Waals surface area contributed by atoms with Gasteiger partial charge in [0.05, 0.1) is 10.6 Å². The number of nitrogens with one attached hydrogen (secondary N) is 3. The minimum Gasteiger partial charge on any atom is -0.323 e. The van der Waals surface area contributed by atoms with Crippen molar-refractivity contribution in [3.8, 4) is 10.6 Å². The van der Waals surface area contributed by atoms with Crippen molar-refractivity contribution in [2.24, 2.45) is 0 Å². The maximum absolute atomic E-state index is 12.5. The van der Waals surface area contributed by atoms with Crippen molar-refractivity contribution in [3.05, 3.63) is 23.6 Å². The van der Waals surface area contributed by atoms with Crippen LogP contribution in [0, 0.1) is 0 Å². The summed E-state index contributed by atoms with van der Waals surface area (Å²) in [4.78, 5) is 38.7. The van der Waals surface area contributed by atoms with Crippen LogP contribution in [0.5, 0.6) is 0 Å². The van der Waals surface area contributed by atoms with Gasteiger partial charge in [-0.25, -0.2) is 4.79 Å². The molecule has 3 N–H and O–H groups in total. The maximum Gasteiger partial charge on any atom is 0.325 e. The number of rotatable bonds is 6. The van der Waals surface area contributed by atoms with Gasteiger partial charge in [0.25, 0.3) is 5.91 Å². The molecule has 0 spiro atoms. The number of urea groups is 1. The van der Waals surface area contributed by atoms with E-state index < -0.39 is 17.5 Å². The van der Waals surface area contributed by atoms with E-state index in [1.165, 1.54) is 0 Å². The molecule has 0 bridgehead atoms. The summed E-state index contributed by atoms with van der Waals surface area (Å²) in [6.45, 7) is 3.33. The monoisotopic (exact) mass is 361 g/mol. The summed E-state index contributed by atoms with van der Waals surface area (Å²) < 4.78 is 0. The summed E-state index contributed by atoms with van der Waals surface area (Å²) in [5, 5.41) is 14.1. The quantitative estimate of drug-likeness (QED) is 0.686. The highest BCUT2D eigenvalue weighted by molar-refractivity contribution is 7.13. The molecule has 0 unspecified atom stereocenters. The van der Waals surface area contributed by atoms with Gasteiger partial charge in [-0.1, -0.05) is 19.9 Å². The molecule has 25 heavy (non-hydrogen) atoms. The first-order chi connectivity index (χ1) is 12.0. The third-order valence-electron chi connectivity index (χ3n) is 4.39. The molecular formula is C16H19N5O3S. The van der Waals surface area contributed by atoms with Gasteiger partial charge >= 0.3 is 6.03 Å². The summed E-state index contributed by atoms with van der Waals surface area (Å²) in [7, 11) is 0. The minimum absolute atomic E-state index is 0.340. The molecule has 2 aromatic rings. The second-order valence-electron chi connectivity index (χ2n) is 5.80. The van der Waals surface area contributed by atoms with E-state index in [1.807, 2.05) is 31.4 Å². The van der Waals surface area contributed by atoms with Crippen molar-refractivity contribution in [2.45, 2.75) is 32.2 Å². The Morgan fingerprint density at radius 3 is 2.72 bits per heavy atom. The van der Waals surface area contributed by atoms with E-state index in [4.69, 9.17) is 0 Å². The zero-order valence-electron chi connectivity index (χ0n) is 14.0. The number of amides is 4. The summed E-state index contributed by atoms with van der Waals surface area (Å²) in [5.74, 6) is -0.493. The van der Waals surface area contributed by atoms with Crippen LogP contribution in [-0.4, -0.2) is 45.0 Å². The fourth-order valence-electron chi connectivity index (χ4n) is 2.82. The third kappa shape index (κ3) is 3.14. The molecule has 1 fully saturated rings. The Bertz CT molecular complexity index is 795. The van der Waals surface area contributed by atoms with Crippen molar-refractivity contribution in [1.82, 2.24) is 20.4 Å². The van der Waals surface area contributed by atoms with E-state index in [0.717, 1.165) is 15.5 Å². The predicted molar refractivity (Wildman–Crippen MR) is 94.1 cm³/mol. The molecular weight excluding hydrogens is 342 g/mol. The van der Waals surface area contributed by atoms with Crippen LogP contribution in [0.15, 0.2) is 23.6 Å². The number of anilines is 1. The fraction of sp³-hybridized carbons (Fsp3) is 0.375. The average Bonchev–Trinajstić information content (AvgIpc) is 3.31. The van der Waals surface area contributed by atoms with Crippen molar-refractivity contribution in [1.29, 1.82) is 0 Å². The number of aromatic amines is 1. The van der Waals surface area contributed by atoms with Gasteiger partial charge in [-0.2, -0.15) is 5.10 Å². The summed E-state index contributed by atoms with van der Waals surface area (Å²) >= 11 is 1.55. The summed E-state index contributed by atoms with van der Waals surface area (Å²) in [6, 6.07) is 5.03. The van der Waals surface area contributed by atoms with Gasteiger partial charge in [0.2, 0.25) is 5.91 Å². The van der Waals surface area contributed by atoms with Crippen molar-refractivity contribution >= 4 is 35.0 Å². The minimum atomic E-state index is -0.907. The van der Waals surface area contributed by atoms with Gasteiger partial charge in [-0.15, -0.1) is 11.3 Å². The molecule has 0 atom stereocenters. The van der Waals surface area contributed by atoms with Crippen molar-refractivity contribution in [2.75, 3.05) is 11.9 Å². The first-order valence-electron chi connectivity index (χ1n) is 8.02. The van der Waals surface area contributed by atoms with Crippen LogP contribution in [0.25, 0.3) is 10.6 Å². The summed E-state index contributed by atoms with van der Waals surface area (Å²) in [6.07, 6.45) is 0.964. The van der Waals surface area contributed by atoms with Gasteiger partial charge in [0.15, 0.2) is 5.82 Å². The Morgan fingerprint density at radius 2 is 2.12 bits per heavy atom. The molecule has 8 nitrogen and oxygen atoms in total. The normalized spacial score (nSPS) is 16.2. The smallest absolute Gasteiger partial charge is 0.323 e. The Kier molecular flexibility index (Phi) is 4.58. The molecule has 1 saturated heterocycles. The van der Waals surface area contributed by atoms with Crippen LogP contribution in [0.4, 0.5) is 10.6 Å². The number of imide groups is 1. The molecule has 2 aromatic heterocycles. The highest BCUT2D eigenvalue weighted by Crippen LogP contribution is 2.26. The Labute approximate surface area is 148 Å². The lowest BCUT2D eigenvalue weighted by atomic mass is 9.93. The average molecular weight is 361 g/mol. The number of thiophene rings is 1. The van der Waals surface area contributed by atoms with E-state index in [2.05, 4.69) is 20.8 Å². The lowest BCUT2D eigenvalue weighted by molar-refractivity contribution is -0.134. The predicted octanol–water partition coefficient (Wildman–Crippen LogP) is 2.19. The SMILES string of the molecule is CCC1(CC)NC(=O)N(CC(=O)Nc2cc(-c3cccs3)[nH]n2)C1=O. The first kappa shape index (κ1) is 17.2. The second kappa shape index (κ2) is 6.67. The topological polar surface area (TPSA) is 107 Å². The lowest BCUT2D eigenvalue weighted by Crippen LogP contribution is -2.46. The van der Waals surface area contributed by atoms with Crippen LogP contribution in [0.2, 0.25) is 0 Å². The standard InChI is InChI=1S/C16H19N5O3S/c1-3-16(4-2)14(23)21(15(24)18-16)9-13(22)17-12-8-10(19-20-12)11-6-5-7-25-11/h5-8H,3-4,9H2,1-2H3,(H,18,24)(H2,17,19,20,22). The molecule has 3 rings (SSSR count). The zero-order chi connectivity index (χ0) is 18.0. The number of nitrogens with zero attached hydrogens (tertiary/aromatic N) is 2. The van der Waals surface area contributed by atoms with Gasteiger partial charge in [-0.3, -0.25) is 19.6 Å². The van der Waals surface area contributed by atoms with Crippen LogP contribution in [0.1, 0.15) is 26.7 Å². The van der Waals surface area contributed by atoms with E-state index in [9.17, 15) is 14.4 Å². The molecule has 0 saturated carbocycles.